The Bertz CT molecular complexity index is 832. The highest BCUT2D eigenvalue weighted by molar-refractivity contribution is 5.89. The molecule has 0 aliphatic rings. The number of carbonyl (C=O) groups excluding carboxylic acids is 2. The summed E-state index contributed by atoms with van der Waals surface area (Å²) in [6.07, 6.45) is 3.21. The average molecular weight is 428 g/mol. The number of ether oxygens (including phenoxy) is 2. The fraction of sp³-hybridized carbons (Fsp3) is 0.458. The third-order valence-electron chi connectivity index (χ3n) is 4.47. The molecule has 1 heterocycles. The van der Waals surface area contributed by atoms with Crippen LogP contribution >= 0.6 is 0 Å². The van der Waals surface area contributed by atoms with E-state index in [4.69, 9.17) is 9.47 Å². The first-order valence-electron chi connectivity index (χ1n) is 10.4. The molecular formula is C24H33N3O4. The Hall–Kier alpha value is -2.93. The molecule has 0 aliphatic carbocycles. The third kappa shape index (κ3) is 9.17. The van der Waals surface area contributed by atoms with Crippen molar-refractivity contribution in [1.82, 2.24) is 15.2 Å². The lowest BCUT2D eigenvalue weighted by Gasteiger charge is -2.26. The van der Waals surface area contributed by atoms with E-state index >= 15 is 0 Å². The number of pyridine rings is 1. The number of hydrogen-bond acceptors (Lipinski definition) is 6. The van der Waals surface area contributed by atoms with Crippen molar-refractivity contribution in [3.8, 4) is 0 Å². The number of esters is 1. The minimum Gasteiger partial charge on any atom is -0.465 e. The molecule has 0 radical (unpaired) electrons. The molecule has 1 unspecified atom stereocenters. The second-order valence-electron chi connectivity index (χ2n) is 8.71. The number of amides is 1. The summed E-state index contributed by atoms with van der Waals surface area (Å²) in [6, 6.07) is 11.4. The van der Waals surface area contributed by atoms with Gasteiger partial charge in [-0.05, 0) is 56.0 Å². The van der Waals surface area contributed by atoms with Crippen LogP contribution in [0.5, 0.6) is 0 Å². The summed E-state index contributed by atoms with van der Waals surface area (Å²) >= 11 is 0. The lowest BCUT2D eigenvalue weighted by molar-refractivity contribution is 0.0514. The zero-order valence-electron chi connectivity index (χ0n) is 19.1. The summed E-state index contributed by atoms with van der Waals surface area (Å²) in [5.41, 5.74) is 2.21. The van der Waals surface area contributed by atoms with Crippen molar-refractivity contribution in [1.29, 1.82) is 0 Å². The van der Waals surface area contributed by atoms with E-state index in [-0.39, 0.29) is 11.9 Å². The number of nitrogens with zero attached hydrogens (tertiary/aromatic N) is 2. The van der Waals surface area contributed by atoms with Crippen LogP contribution in [0, 0.1) is 5.92 Å². The summed E-state index contributed by atoms with van der Waals surface area (Å²) in [6.45, 7) is 10.3. The Labute approximate surface area is 184 Å². The molecule has 1 amide bonds. The quantitative estimate of drug-likeness (QED) is 0.609. The first-order valence-corrected chi connectivity index (χ1v) is 10.4. The van der Waals surface area contributed by atoms with Crippen LogP contribution in [0.4, 0.5) is 4.79 Å². The first-order chi connectivity index (χ1) is 14.7. The Morgan fingerprint density at radius 2 is 1.77 bits per heavy atom. The maximum Gasteiger partial charge on any atom is 0.407 e. The van der Waals surface area contributed by atoms with Crippen LogP contribution in [0.15, 0.2) is 48.8 Å². The van der Waals surface area contributed by atoms with Gasteiger partial charge in [-0.15, -0.1) is 0 Å². The van der Waals surface area contributed by atoms with Gasteiger partial charge in [-0.25, -0.2) is 9.59 Å². The smallest absolute Gasteiger partial charge is 0.407 e. The van der Waals surface area contributed by atoms with Gasteiger partial charge >= 0.3 is 12.1 Å². The van der Waals surface area contributed by atoms with Crippen molar-refractivity contribution < 1.29 is 19.1 Å². The lowest BCUT2D eigenvalue weighted by Crippen LogP contribution is -2.38. The number of benzene rings is 1. The topological polar surface area (TPSA) is 80.8 Å². The van der Waals surface area contributed by atoms with Crippen LogP contribution < -0.4 is 5.32 Å². The molecule has 0 fully saturated rings. The molecule has 1 aromatic heterocycles. The maximum absolute atomic E-state index is 11.9. The number of methoxy groups -OCH3 is 1. The molecule has 2 aromatic rings. The SMILES string of the molecule is COC(=O)c1ccc(CN(Cc2cccnc2)CC(C)CNC(=O)OC(C)(C)C)cc1. The number of hydrogen-bond donors (Lipinski definition) is 1. The number of alkyl carbamates (subject to hydrolysis) is 1. The van der Waals surface area contributed by atoms with Crippen LogP contribution in [-0.4, -0.2) is 47.7 Å². The van der Waals surface area contributed by atoms with Crippen LogP contribution in [0.1, 0.15) is 49.2 Å². The van der Waals surface area contributed by atoms with Gasteiger partial charge in [0.05, 0.1) is 12.7 Å². The number of rotatable bonds is 9. The van der Waals surface area contributed by atoms with E-state index in [9.17, 15) is 9.59 Å². The Kier molecular flexibility index (Phi) is 9.00. The van der Waals surface area contributed by atoms with E-state index in [1.54, 1.807) is 18.3 Å². The predicted molar refractivity (Wildman–Crippen MR) is 120 cm³/mol. The van der Waals surface area contributed by atoms with Gasteiger partial charge in [-0.1, -0.05) is 25.1 Å². The molecule has 0 bridgehead atoms. The van der Waals surface area contributed by atoms with Crippen LogP contribution in [0.25, 0.3) is 0 Å². The molecule has 0 aliphatic heterocycles. The highest BCUT2D eigenvalue weighted by atomic mass is 16.6. The Morgan fingerprint density at radius 3 is 2.35 bits per heavy atom. The Balaban J connectivity index is 2.01. The van der Waals surface area contributed by atoms with Crippen molar-refractivity contribution in [2.75, 3.05) is 20.2 Å². The molecule has 1 aromatic carbocycles. The van der Waals surface area contributed by atoms with E-state index < -0.39 is 11.7 Å². The van der Waals surface area contributed by atoms with Crippen molar-refractivity contribution >= 4 is 12.1 Å². The summed E-state index contributed by atoms with van der Waals surface area (Å²) in [5, 5.41) is 2.85. The van der Waals surface area contributed by atoms with Gasteiger partial charge in [0.2, 0.25) is 0 Å². The zero-order chi connectivity index (χ0) is 22.9. The monoisotopic (exact) mass is 427 g/mol. The second-order valence-corrected chi connectivity index (χ2v) is 8.71. The lowest BCUT2D eigenvalue weighted by atomic mass is 10.1. The van der Waals surface area contributed by atoms with E-state index in [2.05, 4.69) is 22.1 Å². The molecule has 0 saturated heterocycles. The van der Waals surface area contributed by atoms with Gasteiger partial charge in [-0.2, -0.15) is 0 Å². The number of carbonyl (C=O) groups is 2. The molecule has 1 atom stereocenters. The van der Waals surface area contributed by atoms with E-state index in [0.29, 0.717) is 18.7 Å². The average Bonchev–Trinajstić information content (AvgIpc) is 2.72. The molecule has 1 N–H and O–H groups in total. The predicted octanol–water partition coefficient (Wildman–Crippen LogP) is 4.03. The summed E-state index contributed by atoms with van der Waals surface area (Å²) in [7, 11) is 1.37. The fourth-order valence-electron chi connectivity index (χ4n) is 3.13. The number of aromatic nitrogens is 1. The molecular weight excluding hydrogens is 394 g/mol. The standard InChI is InChI=1S/C24H33N3O4/c1-18(13-26-23(29)31-24(2,3)4)15-27(17-20-7-6-12-25-14-20)16-19-8-10-21(11-9-19)22(28)30-5/h6-12,14,18H,13,15-17H2,1-5H3,(H,26,29). The largest absolute Gasteiger partial charge is 0.465 e. The summed E-state index contributed by atoms with van der Waals surface area (Å²) in [4.78, 5) is 30.1. The van der Waals surface area contributed by atoms with Gasteiger partial charge in [0.15, 0.2) is 0 Å². The van der Waals surface area contributed by atoms with Gasteiger partial charge < -0.3 is 14.8 Å². The van der Waals surface area contributed by atoms with Crippen molar-refractivity contribution in [3.63, 3.8) is 0 Å². The normalized spacial score (nSPS) is 12.3. The van der Waals surface area contributed by atoms with Gasteiger partial charge in [0.1, 0.15) is 5.60 Å². The van der Waals surface area contributed by atoms with Crippen molar-refractivity contribution in [3.05, 3.63) is 65.5 Å². The minimum absolute atomic E-state index is 0.207. The van der Waals surface area contributed by atoms with Crippen LogP contribution in [0.3, 0.4) is 0 Å². The van der Waals surface area contributed by atoms with Crippen LogP contribution in [0.2, 0.25) is 0 Å². The van der Waals surface area contributed by atoms with E-state index in [1.807, 2.05) is 51.2 Å². The van der Waals surface area contributed by atoms with E-state index in [0.717, 1.165) is 24.2 Å². The molecule has 31 heavy (non-hydrogen) atoms. The van der Waals surface area contributed by atoms with Crippen molar-refractivity contribution in [2.24, 2.45) is 5.92 Å². The van der Waals surface area contributed by atoms with Gasteiger partial charge in [0, 0.05) is 38.6 Å². The van der Waals surface area contributed by atoms with Gasteiger partial charge in [-0.3, -0.25) is 9.88 Å². The number of nitrogens with one attached hydrogen (secondary N) is 1. The third-order valence-corrected chi connectivity index (χ3v) is 4.47. The highest BCUT2D eigenvalue weighted by Gasteiger charge is 2.18. The fourth-order valence-corrected chi connectivity index (χ4v) is 3.13. The molecule has 7 nitrogen and oxygen atoms in total. The summed E-state index contributed by atoms with van der Waals surface area (Å²) < 4.78 is 10.1. The first kappa shape index (κ1) is 24.3. The molecule has 7 heteroatoms. The molecule has 168 valence electrons. The Morgan fingerprint density at radius 1 is 1.10 bits per heavy atom. The minimum atomic E-state index is -0.518. The van der Waals surface area contributed by atoms with Crippen molar-refractivity contribution in [2.45, 2.75) is 46.4 Å². The molecule has 0 spiro atoms. The second kappa shape index (κ2) is 11.5. The van der Waals surface area contributed by atoms with Crippen LogP contribution in [-0.2, 0) is 22.6 Å². The maximum atomic E-state index is 11.9. The molecule has 0 saturated carbocycles. The van der Waals surface area contributed by atoms with Gasteiger partial charge in [0.25, 0.3) is 0 Å². The van der Waals surface area contributed by atoms with E-state index in [1.165, 1.54) is 7.11 Å². The molecule has 2 rings (SSSR count). The highest BCUT2D eigenvalue weighted by Crippen LogP contribution is 2.14. The zero-order valence-corrected chi connectivity index (χ0v) is 19.1. The summed E-state index contributed by atoms with van der Waals surface area (Å²) in [5.74, 6) is -0.140.